The highest BCUT2D eigenvalue weighted by atomic mass is 16.5. The Kier molecular flexibility index (Phi) is 5.53. The fourth-order valence-electron chi connectivity index (χ4n) is 1.67. The van der Waals surface area contributed by atoms with Crippen LogP contribution in [0.5, 0.6) is 0 Å². The van der Waals surface area contributed by atoms with Crippen LogP contribution in [0.15, 0.2) is 0 Å². The van der Waals surface area contributed by atoms with Gasteiger partial charge in [0.25, 0.3) is 0 Å². The Hall–Kier alpha value is -0.120. The monoisotopic (exact) mass is 188 g/mol. The largest absolute Gasteiger partial charge is 0.377 e. The predicted molar refractivity (Wildman–Crippen MR) is 56.3 cm³/mol. The molecule has 0 saturated heterocycles. The van der Waals surface area contributed by atoms with E-state index in [1.165, 1.54) is 0 Å². The zero-order valence-corrected chi connectivity index (χ0v) is 9.55. The molecule has 0 fully saturated rings. The molecule has 0 aliphatic heterocycles. The van der Waals surface area contributed by atoms with Crippen LogP contribution >= 0.6 is 0 Å². The first-order chi connectivity index (χ1) is 6.05. The van der Waals surface area contributed by atoms with Crippen LogP contribution in [0.1, 0.15) is 40.5 Å². The summed E-state index contributed by atoms with van der Waals surface area (Å²) in [6.45, 7) is 8.58. The van der Waals surface area contributed by atoms with Gasteiger partial charge in [0.05, 0.1) is 11.6 Å². The smallest absolute Gasteiger partial charge is 0.0816 e. The molecule has 0 bridgehead atoms. The third kappa shape index (κ3) is 2.93. The van der Waals surface area contributed by atoms with Crippen LogP contribution < -0.4 is 11.3 Å². The molecule has 3 heteroatoms. The summed E-state index contributed by atoms with van der Waals surface area (Å²) in [6.07, 6.45) is 2.07. The molecule has 3 atom stereocenters. The van der Waals surface area contributed by atoms with Crippen LogP contribution in [0, 0.1) is 5.92 Å². The van der Waals surface area contributed by atoms with Gasteiger partial charge in [-0.15, -0.1) is 0 Å². The van der Waals surface area contributed by atoms with Crippen LogP contribution in [0.3, 0.4) is 0 Å². The fourth-order valence-corrected chi connectivity index (χ4v) is 1.67. The minimum Gasteiger partial charge on any atom is -0.377 e. The zero-order chi connectivity index (χ0) is 10.5. The van der Waals surface area contributed by atoms with Crippen molar-refractivity contribution in [2.45, 2.75) is 52.2 Å². The van der Waals surface area contributed by atoms with Crippen LogP contribution in [0.2, 0.25) is 0 Å². The first-order valence-electron chi connectivity index (χ1n) is 5.07. The third-order valence-corrected chi connectivity index (χ3v) is 3.22. The highest BCUT2D eigenvalue weighted by molar-refractivity contribution is 4.89. The maximum absolute atomic E-state index is 5.56. The van der Waals surface area contributed by atoms with Crippen LogP contribution in [0.25, 0.3) is 0 Å². The van der Waals surface area contributed by atoms with Crippen molar-refractivity contribution in [2.24, 2.45) is 11.8 Å². The number of ether oxygens (including phenoxy) is 1. The normalized spacial score (nSPS) is 20.8. The molecule has 13 heavy (non-hydrogen) atoms. The van der Waals surface area contributed by atoms with E-state index >= 15 is 0 Å². The van der Waals surface area contributed by atoms with E-state index in [1.807, 2.05) is 0 Å². The average molecular weight is 188 g/mol. The molecule has 0 spiro atoms. The summed E-state index contributed by atoms with van der Waals surface area (Å²) in [5, 5.41) is 0. The highest BCUT2D eigenvalue weighted by Gasteiger charge is 2.34. The standard InChI is InChI=1S/C10H24N2O/c1-6-8(3)9(12-11)10(4,7-2)13-5/h8-9,12H,6-7,11H2,1-5H3. The Morgan fingerprint density at radius 3 is 2.23 bits per heavy atom. The Morgan fingerprint density at radius 1 is 1.46 bits per heavy atom. The van der Waals surface area contributed by atoms with E-state index in [2.05, 4.69) is 33.1 Å². The molecule has 0 aromatic rings. The minimum atomic E-state index is -0.163. The maximum Gasteiger partial charge on any atom is 0.0816 e. The van der Waals surface area contributed by atoms with Gasteiger partial charge in [0.1, 0.15) is 0 Å². The zero-order valence-electron chi connectivity index (χ0n) is 9.55. The molecule has 0 amide bonds. The molecule has 0 rings (SSSR count). The molecule has 80 valence electrons. The van der Waals surface area contributed by atoms with Gasteiger partial charge in [-0.2, -0.15) is 0 Å². The van der Waals surface area contributed by atoms with Crippen molar-refractivity contribution in [3.05, 3.63) is 0 Å². The van der Waals surface area contributed by atoms with E-state index in [4.69, 9.17) is 10.6 Å². The number of hydrogen-bond acceptors (Lipinski definition) is 3. The van der Waals surface area contributed by atoms with Gasteiger partial charge in [0.15, 0.2) is 0 Å². The second-order valence-electron chi connectivity index (χ2n) is 3.90. The van der Waals surface area contributed by atoms with Crippen molar-refractivity contribution < 1.29 is 4.74 Å². The van der Waals surface area contributed by atoms with Gasteiger partial charge in [-0.25, -0.2) is 0 Å². The van der Waals surface area contributed by atoms with E-state index in [1.54, 1.807) is 7.11 Å². The Morgan fingerprint density at radius 2 is 2.00 bits per heavy atom. The molecule has 0 heterocycles. The van der Waals surface area contributed by atoms with E-state index < -0.39 is 0 Å². The van der Waals surface area contributed by atoms with Crippen molar-refractivity contribution in [1.82, 2.24) is 5.43 Å². The lowest BCUT2D eigenvalue weighted by molar-refractivity contribution is -0.0438. The SMILES string of the molecule is CCC(C)C(NN)C(C)(CC)OC. The molecular formula is C10H24N2O. The molecular weight excluding hydrogens is 164 g/mol. The van der Waals surface area contributed by atoms with Gasteiger partial charge in [-0.3, -0.25) is 11.3 Å². The summed E-state index contributed by atoms with van der Waals surface area (Å²) >= 11 is 0. The minimum absolute atomic E-state index is 0.163. The summed E-state index contributed by atoms with van der Waals surface area (Å²) in [6, 6.07) is 0.215. The second-order valence-corrected chi connectivity index (χ2v) is 3.90. The highest BCUT2D eigenvalue weighted by Crippen LogP contribution is 2.25. The molecule has 0 aromatic heterocycles. The van der Waals surface area contributed by atoms with Crippen LogP contribution in [-0.4, -0.2) is 18.8 Å². The quantitative estimate of drug-likeness (QED) is 0.492. The number of rotatable bonds is 6. The number of nitrogens with one attached hydrogen (secondary N) is 1. The fraction of sp³-hybridized carbons (Fsp3) is 1.00. The number of hydrogen-bond donors (Lipinski definition) is 2. The van der Waals surface area contributed by atoms with Gasteiger partial charge >= 0.3 is 0 Å². The molecule has 0 saturated carbocycles. The van der Waals surface area contributed by atoms with Crippen molar-refractivity contribution in [1.29, 1.82) is 0 Å². The molecule has 0 aromatic carbocycles. The van der Waals surface area contributed by atoms with Crippen LogP contribution in [-0.2, 0) is 4.74 Å². The molecule has 3 N–H and O–H groups in total. The topological polar surface area (TPSA) is 47.3 Å². The summed E-state index contributed by atoms with van der Waals surface area (Å²) in [7, 11) is 1.75. The molecule has 0 aliphatic rings. The van der Waals surface area contributed by atoms with Gasteiger partial charge in [0.2, 0.25) is 0 Å². The molecule has 0 radical (unpaired) electrons. The summed E-state index contributed by atoms with van der Waals surface area (Å²) < 4.78 is 5.52. The number of methoxy groups -OCH3 is 1. The summed E-state index contributed by atoms with van der Waals surface area (Å²) in [5.74, 6) is 6.08. The second kappa shape index (κ2) is 5.58. The lowest BCUT2D eigenvalue weighted by Gasteiger charge is -2.38. The number of hydrazine groups is 1. The van der Waals surface area contributed by atoms with Gasteiger partial charge < -0.3 is 4.74 Å². The van der Waals surface area contributed by atoms with E-state index in [0.717, 1.165) is 12.8 Å². The Labute approximate surface area is 82.0 Å². The van der Waals surface area contributed by atoms with Crippen molar-refractivity contribution in [2.75, 3.05) is 7.11 Å². The predicted octanol–water partition coefficient (Wildman–Crippen LogP) is 1.68. The van der Waals surface area contributed by atoms with Gasteiger partial charge in [-0.1, -0.05) is 27.2 Å². The lowest BCUT2D eigenvalue weighted by Crippen LogP contribution is -2.55. The van der Waals surface area contributed by atoms with E-state index in [0.29, 0.717) is 5.92 Å². The van der Waals surface area contributed by atoms with Crippen molar-refractivity contribution in [3.8, 4) is 0 Å². The van der Waals surface area contributed by atoms with Gasteiger partial charge in [0, 0.05) is 7.11 Å². The van der Waals surface area contributed by atoms with Crippen molar-refractivity contribution >= 4 is 0 Å². The molecule has 3 unspecified atom stereocenters. The number of nitrogens with two attached hydrogens (primary N) is 1. The van der Waals surface area contributed by atoms with Gasteiger partial charge in [-0.05, 0) is 19.3 Å². The first-order valence-corrected chi connectivity index (χ1v) is 5.07. The lowest BCUT2D eigenvalue weighted by atomic mass is 9.84. The first kappa shape index (κ1) is 12.9. The molecule has 3 nitrogen and oxygen atoms in total. The summed E-state index contributed by atoms with van der Waals surface area (Å²) in [4.78, 5) is 0. The summed E-state index contributed by atoms with van der Waals surface area (Å²) in [5.41, 5.74) is 2.71. The van der Waals surface area contributed by atoms with Crippen molar-refractivity contribution in [3.63, 3.8) is 0 Å². The Bertz CT molecular complexity index is 135. The third-order valence-electron chi connectivity index (χ3n) is 3.22. The average Bonchev–Trinajstić information content (AvgIpc) is 2.18. The maximum atomic E-state index is 5.56. The molecule has 0 aliphatic carbocycles. The Balaban J connectivity index is 4.51. The van der Waals surface area contributed by atoms with E-state index in [-0.39, 0.29) is 11.6 Å². The van der Waals surface area contributed by atoms with Crippen LogP contribution in [0.4, 0.5) is 0 Å². The van der Waals surface area contributed by atoms with E-state index in [9.17, 15) is 0 Å².